The Bertz CT molecular complexity index is 976. The van der Waals surface area contributed by atoms with Crippen molar-refractivity contribution in [1.29, 1.82) is 5.41 Å². The van der Waals surface area contributed by atoms with E-state index in [2.05, 4.69) is 40.6 Å². The zero-order chi connectivity index (χ0) is 17.6. The molecule has 0 bridgehead atoms. The van der Waals surface area contributed by atoms with Crippen molar-refractivity contribution in [3.8, 4) is 11.1 Å². The second-order valence-electron chi connectivity index (χ2n) is 6.55. The molecule has 4 rings (SSSR count). The van der Waals surface area contributed by atoms with Crippen LogP contribution in [0.5, 0.6) is 0 Å². The number of hydrogen-bond donors (Lipinski definition) is 2. The van der Waals surface area contributed by atoms with Crippen LogP contribution in [0, 0.1) is 5.41 Å². The molecule has 1 aliphatic rings. The number of rotatable bonds is 2. The first-order chi connectivity index (χ1) is 12.0. The fourth-order valence-electron chi connectivity index (χ4n) is 3.19. The zero-order valence-electron chi connectivity index (χ0n) is 14.0. The normalized spacial score (nSPS) is 20.8. The van der Waals surface area contributed by atoms with Crippen LogP contribution < -0.4 is 5.32 Å². The van der Waals surface area contributed by atoms with Crippen LogP contribution in [-0.2, 0) is 10.3 Å². The molecule has 126 valence electrons. The van der Waals surface area contributed by atoms with Gasteiger partial charge in [-0.15, -0.1) is 11.3 Å². The molecule has 0 unspecified atom stereocenters. The lowest BCUT2D eigenvalue weighted by molar-refractivity contribution is -0.129. The Kier molecular flexibility index (Phi) is 3.58. The van der Waals surface area contributed by atoms with E-state index in [9.17, 15) is 4.79 Å². The Morgan fingerprint density at radius 3 is 2.84 bits per heavy atom. The highest BCUT2D eigenvalue weighted by Gasteiger charge is 2.37. The highest BCUT2D eigenvalue weighted by molar-refractivity contribution is 7.16. The summed E-state index contributed by atoms with van der Waals surface area (Å²) in [5.74, 6) is 0.0774. The van der Waals surface area contributed by atoms with Crippen molar-refractivity contribution >= 4 is 33.4 Å². The van der Waals surface area contributed by atoms with E-state index in [1.54, 1.807) is 18.4 Å². The number of nitrogens with one attached hydrogen (secondary N) is 2. The second-order valence-corrected chi connectivity index (χ2v) is 7.44. The number of hydrogen-bond acceptors (Lipinski definition) is 4. The molecular formula is C19H18N4OS. The first-order valence-corrected chi connectivity index (χ1v) is 8.92. The third kappa shape index (κ3) is 2.68. The van der Waals surface area contributed by atoms with Crippen LogP contribution in [0.3, 0.4) is 0 Å². The summed E-state index contributed by atoms with van der Waals surface area (Å²) < 4.78 is 1.17. The molecule has 2 heterocycles. The summed E-state index contributed by atoms with van der Waals surface area (Å²) in [6.45, 7) is 1.97. The van der Waals surface area contributed by atoms with E-state index in [0.717, 1.165) is 22.2 Å². The van der Waals surface area contributed by atoms with Gasteiger partial charge in [0.15, 0.2) is 5.96 Å². The van der Waals surface area contributed by atoms with Crippen LogP contribution in [0.25, 0.3) is 21.3 Å². The number of fused-ring (bicyclic) bond motifs is 1. The number of thiazole rings is 1. The number of aromatic nitrogens is 1. The largest absolute Gasteiger partial charge is 0.346 e. The van der Waals surface area contributed by atoms with E-state index < -0.39 is 5.54 Å². The smallest absolute Gasteiger partial charge is 0.231 e. The maximum atomic E-state index is 12.2. The van der Waals surface area contributed by atoms with E-state index in [1.165, 1.54) is 9.60 Å². The molecule has 2 N–H and O–H groups in total. The summed E-state index contributed by atoms with van der Waals surface area (Å²) >= 11 is 1.63. The standard InChI is InChI=1S/C19H18N4OS/c1-19(10-17(24)23(2)18(20)22-19)14-5-3-4-12(8-14)13-6-7-16-15(9-13)21-11-25-16/h3-9,11H,10H2,1-2H3,(H2,20,22)/t19-/m0/s1. The predicted molar refractivity (Wildman–Crippen MR) is 101 cm³/mol. The first-order valence-electron chi connectivity index (χ1n) is 8.04. The highest BCUT2D eigenvalue weighted by Crippen LogP contribution is 2.32. The molecule has 0 aliphatic carbocycles. The summed E-state index contributed by atoms with van der Waals surface area (Å²) in [7, 11) is 1.62. The fourth-order valence-corrected chi connectivity index (χ4v) is 3.85. The van der Waals surface area contributed by atoms with Crippen molar-refractivity contribution < 1.29 is 4.79 Å². The maximum Gasteiger partial charge on any atom is 0.231 e. The Balaban J connectivity index is 1.74. The summed E-state index contributed by atoms with van der Waals surface area (Å²) in [5.41, 5.74) is 5.43. The molecule has 1 aliphatic heterocycles. The molecule has 25 heavy (non-hydrogen) atoms. The summed E-state index contributed by atoms with van der Waals surface area (Å²) in [6, 6.07) is 14.4. The minimum Gasteiger partial charge on any atom is -0.346 e. The number of carbonyl (C=O) groups excluding carboxylic acids is 1. The first kappa shape index (κ1) is 15.8. The lowest BCUT2D eigenvalue weighted by Gasteiger charge is -2.39. The van der Waals surface area contributed by atoms with Crippen LogP contribution in [0.4, 0.5) is 0 Å². The molecule has 1 atom stereocenters. The van der Waals surface area contributed by atoms with Gasteiger partial charge in [0, 0.05) is 7.05 Å². The lowest BCUT2D eigenvalue weighted by Crippen LogP contribution is -2.58. The molecule has 1 fully saturated rings. The van der Waals surface area contributed by atoms with E-state index in [-0.39, 0.29) is 11.9 Å². The predicted octanol–water partition coefficient (Wildman–Crippen LogP) is 3.56. The van der Waals surface area contributed by atoms with Crippen LogP contribution in [0.2, 0.25) is 0 Å². The van der Waals surface area contributed by atoms with Gasteiger partial charge in [-0.05, 0) is 41.8 Å². The van der Waals surface area contributed by atoms with Crippen molar-refractivity contribution in [2.24, 2.45) is 0 Å². The van der Waals surface area contributed by atoms with Crippen molar-refractivity contribution in [1.82, 2.24) is 15.2 Å². The molecule has 1 saturated heterocycles. The van der Waals surface area contributed by atoms with Gasteiger partial charge in [0.1, 0.15) is 0 Å². The molecular weight excluding hydrogens is 332 g/mol. The number of amides is 1. The van der Waals surface area contributed by atoms with Crippen LogP contribution >= 0.6 is 11.3 Å². The van der Waals surface area contributed by atoms with Crippen LogP contribution in [0.15, 0.2) is 48.0 Å². The Labute approximate surface area is 149 Å². The van der Waals surface area contributed by atoms with E-state index in [4.69, 9.17) is 5.41 Å². The number of carbonyl (C=O) groups is 1. The van der Waals surface area contributed by atoms with Gasteiger partial charge in [-0.2, -0.15) is 0 Å². The van der Waals surface area contributed by atoms with Crippen molar-refractivity contribution in [3.05, 3.63) is 53.5 Å². The number of benzene rings is 2. The van der Waals surface area contributed by atoms with Crippen molar-refractivity contribution in [3.63, 3.8) is 0 Å². The van der Waals surface area contributed by atoms with Crippen molar-refractivity contribution in [2.75, 3.05) is 7.05 Å². The SMILES string of the molecule is CN1C(=N)N[C@](C)(c2cccc(-c3ccc4scnc4c3)c2)CC1=O. The lowest BCUT2D eigenvalue weighted by atomic mass is 9.85. The fraction of sp³-hybridized carbons (Fsp3) is 0.211. The second kappa shape index (κ2) is 5.67. The van der Waals surface area contributed by atoms with E-state index in [0.29, 0.717) is 6.42 Å². The monoisotopic (exact) mass is 350 g/mol. The molecule has 0 radical (unpaired) electrons. The van der Waals surface area contributed by atoms with Gasteiger partial charge in [0.25, 0.3) is 0 Å². The highest BCUT2D eigenvalue weighted by atomic mass is 32.1. The Morgan fingerprint density at radius 1 is 1.24 bits per heavy atom. The average molecular weight is 350 g/mol. The Morgan fingerprint density at radius 2 is 2.04 bits per heavy atom. The molecule has 5 nitrogen and oxygen atoms in total. The molecule has 0 saturated carbocycles. The summed E-state index contributed by atoms with van der Waals surface area (Å²) in [4.78, 5) is 17.9. The topological polar surface area (TPSA) is 69.1 Å². The number of guanidine groups is 1. The van der Waals surface area contributed by atoms with Crippen LogP contribution in [-0.4, -0.2) is 28.8 Å². The third-order valence-corrected chi connectivity index (χ3v) is 5.58. The Hall–Kier alpha value is -2.73. The molecule has 1 amide bonds. The molecule has 6 heteroatoms. The van der Waals surface area contributed by atoms with Gasteiger partial charge in [-0.25, -0.2) is 4.98 Å². The number of nitrogens with zero attached hydrogens (tertiary/aromatic N) is 2. The van der Waals surface area contributed by atoms with Crippen molar-refractivity contribution in [2.45, 2.75) is 18.9 Å². The molecule has 1 aromatic heterocycles. The molecule has 2 aromatic carbocycles. The molecule has 3 aromatic rings. The summed E-state index contributed by atoms with van der Waals surface area (Å²) in [5, 5.41) is 11.2. The van der Waals surface area contributed by atoms with Gasteiger partial charge >= 0.3 is 0 Å². The average Bonchev–Trinajstić information content (AvgIpc) is 3.07. The molecule has 0 spiro atoms. The van der Waals surface area contributed by atoms with Gasteiger partial charge in [-0.3, -0.25) is 15.1 Å². The quantitative estimate of drug-likeness (QED) is 0.742. The zero-order valence-corrected chi connectivity index (χ0v) is 14.9. The minimum absolute atomic E-state index is 0.0551. The summed E-state index contributed by atoms with van der Waals surface area (Å²) in [6.07, 6.45) is 0.320. The van der Waals surface area contributed by atoms with E-state index >= 15 is 0 Å². The minimum atomic E-state index is -0.582. The van der Waals surface area contributed by atoms with Gasteiger partial charge in [0.05, 0.1) is 27.7 Å². The van der Waals surface area contributed by atoms with Gasteiger partial charge in [0.2, 0.25) is 5.91 Å². The van der Waals surface area contributed by atoms with Gasteiger partial charge in [-0.1, -0.05) is 24.3 Å². The maximum absolute atomic E-state index is 12.2. The third-order valence-electron chi connectivity index (χ3n) is 4.77. The van der Waals surface area contributed by atoms with Gasteiger partial charge < -0.3 is 5.32 Å². The van der Waals surface area contributed by atoms with Crippen LogP contribution in [0.1, 0.15) is 18.9 Å². The van der Waals surface area contributed by atoms with E-state index in [1.807, 2.05) is 24.6 Å².